The number of hydrogen-bond acceptors (Lipinski definition) is 4. The van der Waals surface area contributed by atoms with Crippen molar-refractivity contribution in [1.29, 1.82) is 0 Å². The summed E-state index contributed by atoms with van der Waals surface area (Å²) in [5.74, 6) is 1.41. The van der Waals surface area contributed by atoms with Gasteiger partial charge in [-0.25, -0.2) is 4.79 Å². The van der Waals surface area contributed by atoms with Gasteiger partial charge < -0.3 is 19.7 Å². The maximum absolute atomic E-state index is 12.8. The Morgan fingerprint density at radius 2 is 1.74 bits per heavy atom. The van der Waals surface area contributed by atoms with Gasteiger partial charge in [0, 0.05) is 44.5 Å². The largest absolute Gasteiger partial charge is 0.493 e. The predicted octanol–water partition coefficient (Wildman–Crippen LogP) is 4.41. The highest BCUT2D eigenvalue weighted by molar-refractivity contribution is 5.89. The van der Waals surface area contributed by atoms with Crippen molar-refractivity contribution in [3.05, 3.63) is 54.1 Å². The summed E-state index contributed by atoms with van der Waals surface area (Å²) in [5.41, 5.74) is 2.10. The molecule has 6 nitrogen and oxygen atoms in total. The first kappa shape index (κ1) is 21.5. The zero-order valence-corrected chi connectivity index (χ0v) is 18.4. The van der Waals surface area contributed by atoms with E-state index in [4.69, 9.17) is 9.47 Å². The van der Waals surface area contributed by atoms with Gasteiger partial charge in [-0.2, -0.15) is 0 Å². The molecule has 0 radical (unpaired) electrons. The third-order valence-corrected chi connectivity index (χ3v) is 6.23. The Balaban J connectivity index is 1.27. The number of rotatable bonds is 7. The molecular formula is C25H33N3O3. The Bertz CT molecular complexity index is 844. The lowest BCUT2D eigenvalue weighted by atomic mass is 10.1. The molecule has 2 aromatic rings. The molecule has 1 heterocycles. The summed E-state index contributed by atoms with van der Waals surface area (Å²) < 4.78 is 11.6. The number of piperazine rings is 1. The number of nitrogens with zero attached hydrogens (tertiary/aromatic N) is 2. The van der Waals surface area contributed by atoms with Gasteiger partial charge in [0.1, 0.15) is 0 Å². The molecule has 1 N–H and O–H groups in total. The van der Waals surface area contributed by atoms with E-state index < -0.39 is 0 Å². The minimum Gasteiger partial charge on any atom is -0.493 e. The van der Waals surface area contributed by atoms with Gasteiger partial charge in [-0.05, 0) is 49.8 Å². The van der Waals surface area contributed by atoms with E-state index in [9.17, 15) is 4.79 Å². The molecule has 0 aromatic heterocycles. The second kappa shape index (κ2) is 10.5. The van der Waals surface area contributed by atoms with Crippen LogP contribution in [0.4, 0.5) is 10.5 Å². The number of urea groups is 1. The fourth-order valence-electron chi connectivity index (χ4n) is 4.34. The van der Waals surface area contributed by atoms with E-state index in [2.05, 4.69) is 34.5 Å². The Hall–Kier alpha value is -2.73. The molecule has 0 atom stereocenters. The van der Waals surface area contributed by atoms with E-state index in [0.717, 1.165) is 57.7 Å². The van der Waals surface area contributed by atoms with Crippen molar-refractivity contribution in [1.82, 2.24) is 9.80 Å². The second-order valence-corrected chi connectivity index (χ2v) is 8.38. The van der Waals surface area contributed by atoms with Crippen LogP contribution in [0.2, 0.25) is 0 Å². The fraction of sp³-hybridized carbons (Fsp3) is 0.480. The summed E-state index contributed by atoms with van der Waals surface area (Å²) in [7, 11) is 1.65. The molecule has 2 aliphatic rings. The van der Waals surface area contributed by atoms with Crippen LogP contribution in [0.3, 0.4) is 0 Å². The number of benzene rings is 2. The molecule has 4 rings (SSSR count). The smallest absolute Gasteiger partial charge is 0.321 e. The van der Waals surface area contributed by atoms with Gasteiger partial charge in [0.05, 0.1) is 13.2 Å². The van der Waals surface area contributed by atoms with Crippen LogP contribution >= 0.6 is 0 Å². The Labute approximate surface area is 185 Å². The number of carbonyl (C=O) groups is 1. The first-order chi connectivity index (χ1) is 15.2. The number of amides is 2. The highest BCUT2D eigenvalue weighted by Crippen LogP contribution is 2.34. The van der Waals surface area contributed by atoms with E-state index in [1.54, 1.807) is 7.11 Å². The monoisotopic (exact) mass is 423 g/mol. The van der Waals surface area contributed by atoms with Crippen molar-refractivity contribution in [3.63, 3.8) is 0 Å². The Morgan fingerprint density at radius 1 is 1.00 bits per heavy atom. The third kappa shape index (κ3) is 5.91. The minimum atomic E-state index is -0.0558. The van der Waals surface area contributed by atoms with E-state index in [-0.39, 0.29) is 12.1 Å². The maximum Gasteiger partial charge on any atom is 0.321 e. The fourth-order valence-corrected chi connectivity index (χ4v) is 4.34. The van der Waals surface area contributed by atoms with Crippen molar-refractivity contribution in [2.75, 3.05) is 45.2 Å². The van der Waals surface area contributed by atoms with E-state index >= 15 is 0 Å². The molecule has 6 heteroatoms. The number of anilines is 1. The summed E-state index contributed by atoms with van der Waals surface area (Å²) in [6, 6.07) is 16.1. The van der Waals surface area contributed by atoms with Gasteiger partial charge in [0.15, 0.2) is 11.5 Å². The molecule has 0 bridgehead atoms. The number of hydrogen-bond donors (Lipinski definition) is 1. The van der Waals surface area contributed by atoms with Crippen LogP contribution in [0.5, 0.6) is 11.5 Å². The summed E-state index contributed by atoms with van der Waals surface area (Å²) in [6.07, 6.45) is 5.86. The number of methoxy groups -OCH3 is 1. The highest BCUT2D eigenvalue weighted by Gasteiger charge is 2.22. The molecule has 2 fully saturated rings. The number of carbonyl (C=O) groups excluding carboxylic acids is 1. The SMILES string of the molecule is COc1ccc(NC(=O)N2CCN(CCc3ccccc3)CC2)cc1OC1CCCC1. The normalized spacial score (nSPS) is 17.5. The second-order valence-electron chi connectivity index (χ2n) is 8.38. The Morgan fingerprint density at radius 3 is 2.45 bits per heavy atom. The zero-order chi connectivity index (χ0) is 21.5. The first-order valence-corrected chi connectivity index (χ1v) is 11.4. The average Bonchev–Trinajstić information content (AvgIpc) is 3.32. The standard InChI is InChI=1S/C25H33N3O3/c1-30-23-12-11-21(19-24(23)31-22-9-5-6-10-22)26-25(29)28-17-15-27(16-18-28)14-13-20-7-3-2-4-8-20/h2-4,7-8,11-12,19,22H,5-6,9-10,13-18H2,1H3,(H,26,29). The minimum absolute atomic E-state index is 0.0558. The third-order valence-electron chi connectivity index (χ3n) is 6.23. The molecule has 1 saturated carbocycles. The lowest BCUT2D eigenvalue weighted by molar-refractivity contribution is 0.148. The van der Waals surface area contributed by atoms with Crippen molar-refractivity contribution >= 4 is 11.7 Å². The number of ether oxygens (including phenoxy) is 2. The summed E-state index contributed by atoms with van der Waals surface area (Å²) in [6.45, 7) is 4.31. The first-order valence-electron chi connectivity index (χ1n) is 11.4. The summed E-state index contributed by atoms with van der Waals surface area (Å²) in [5, 5.41) is 3.03. The van der Waals surface area contributed by atoms with Crippen molar-refractivity contribution < 1.29 is 14.3 Å². The van der Waals surface area contributed by atoms with Gasteiger partial charge in [0.2, 0.25) is 0 Å². The molecule has 2 aromatic carbocycles. The summed E-state index contributed by atoms with van der Waals surface area (Å²) >= 11 is 0. The van der Waals surface area contributed by atoms with Crippen LogP contribution in [0, 0.1) is 0 Å². The molecule has 0 spiro atoms. The lowest BCUT2D eigenvalue weighted by Crippen LogP contribution is -2.50. The molecule has 31 heavy (non-hydrogen) atoms. The highest BCUT2D eigenvalue weighted by atomic mass is 16.5. The zero-order valence-electron chi connectivity index (χ0n) is 18.4. The molecule has 0 unspecified atom stereocenters. The van der Waals surface area contributed by atoms with Crippen LogP contribution in [-0.4, -0.2) is 61.8 Å². The molecule has 2 amide bonds. The van der Waals surface area contributed by atoms with E-state index in [0.29, 0.717) is 11.5 Å². The average molecular weight is 424 g/mol. The van der Waals surface area contributed by atoms with E-state index in [1.165, 1.54) is 18.4 Å². The van der Waals surface area contributed by atoms with E-state index in [1.807, 2.05) is 29.2 Å². The van der Waals surface area contributed by atoms with Gasteiger partial charge in [-0.1, -0.05) is 30.3 Å². The summed E-state index contributed by atoms with van der Waals surface area (Å²) in [4.78, 5) is 17.1. The van der Waals surface area contributed by atoms with Gasteiger partial charge in [-0.15, -0.1) is 0 Å². The van der Waals surface area contributed by atoms with Crippen LogP contribution in [0.15, 0.2) is 48.5 Å². The van der Waals surface area contributed by atoms with Gasteiger partial charge >= 0.3 is 6.03 Å². The van der Waals surface area contributed by atoms with Crippen LogP contribution in [0.25, 0.3) is 0 Å². The molecule has 1 saturated heterocycles. The predicted molar refractivity (Wildman–Crippen MR) is 123 cm³/mol. The van der Waals surface area contributed by atoms with Crippen LogP contribution in [-0.2, 0) is 6.42 Å². The van der Waals surface area contributed by atoms with Crippen molar-refractivity contribution in [2.24, 2.45) is 0 Å². The van der Waals surface area contributed by atoms with Gasteiger partial charge in [-0.3, -0.25) is 4.90 Å². The quantitative estimate of drug-likeness (QED) is 0.717. The Kier molecular flexibility index (Phi) is 7.30. The maximum atomic E-state index is 12.8. The molecule has 1 aliphatic carbocycles. The molecular weight excluding hydrogens is 390 g/mol. The number of nitrogens with one attached hydrogen (secondary N) is 1. The van der Waals surface area contributed by atoms with Crippen molar-refractivity contribution in [2.45, 2.75) is 38.2 Å². The van der Waals surface area contributed by atoms with Gasteiger partial charge in [0.25, 0.3) is 0 Å². The molecule has 1 aliphatic heterocycles. The lowest BCUT2D eigenvalue weighted by Gasteiger charge is -2.34. The van der Waals surface area contributed by atoms with Crippen LogP contribution < -0.4 is 14.8 Å². The topological polar surface area (TPSA) is 54.0 Å². The van der Waals surface area contributed by atoms with Crippen LogP contribution in [0.1, 0.15) is 31.2 Å². The van der Waals surface area contributed by atoms with Crippen molar-refractivity contribution in [3.8, 4) is 11.5 Å². The molecule has 166 valence electrons.